The van der Waals surface area contributed by atoms with Gasteiger partial charge in [0.1, 0.15) is 17.7 Å². The van der Waals surface area contributed by atoms with Gasteiger partial charge >= 0.3 is 6.09 Å². The Hall–Kier alpha value is -2.66. The molecule has 0 radical (unpaired) electrons. The fourth-order valence-corrected chi connectivity index (χ4v) is 6.41. The Balaban J connectivity index is 2.18. The van der Waals surface area contributed by atoms with Gasteiger partial charge in [0.25, 0.3) is 0 Å². The van der Waals surface area contributed by atoms with E-state index in [0.717, 1.165) is 30.6 Å². The second kappa shape index (κ2) is 18.6. The molecule has 1 aromatic heterocycles. The molecule has 0 bridgehead atoms. The molecule has 0 spiro atoms. The summed E-state index contributed by atoms with van der Waals surface area (Å²) in [4.78, 5) is 53.7. The van der Waals surface area contributed by atoms with E-state index in [4.69, 9.17) is 4.74 Å². The van der Waals surface area contributed by atoms with Crippen molar-refractivity contribution in [2.24, 2.45) is 17.3 Å². The molecule has 5 N–H and O–H groups in total. The van der Waals surface area contributed by atoms with Gasteiger partial charge in [-0.25, -0.2) is 4.79 Å². The minimum absolute atomic E-state index is 0.0601. The van der Waals surface area contributed by atoms with E-state index in [9.17, 15) is 24.3 Å². The van der Waals surface area contributed by atoms with Gasteiger partial charge in [-0.3, -0.25) is 14.4 Å². The molecule has 0 saturated heterocycles. The number of hydrogen-bond donors (Lipinski definition) is 5. The van der Waals surface area contributed by atoms with Crippen molar-refractivity contribution in [3.8, 4) is 0 Å². The molecule has 11 heteroatoms. The summed E-state index contributed by atoms with van der Waals surface area (Å²) in [5.41, 5.74) is -0.799. The van der Waals surface area contributed by atoms with Crippen LogP contribution in [0.25, 0.3) is 0 Å². The maximum absolute atomic E-state index is 13.8. The molecule has 0 unspecified atom stereocenters. The van der Waals surface area contributed by atoms with Gasteiger partial charge in [-0.15, -0.1) is 11.3 Å². The Morgan fingerprint density at radius 3 is 2.17 bits per heavy atom. The largest absolute Gasteiger partial charge is 0.444 e. The third-order valence-electron chi connectivity index (χ3n) is 8.14. The summed E-state index contributed by atoms with van der Waals surface area (Å²) in [7, 11) is 0. The van der Waals surface area contributed by atoms with Gasteiger partial charge in [0.05, 0.1) is 12.1 Å². The summed E-state index contributed by atoms with van der Waals surface area (Å²) >= 11 is 1.48. The van der Waals surface area contributed by atoms with E-state index in [2.05, 4.69) is 21.3 Å². The number of rotatable bonds is 16. The highest BCUT2D eigenvalue weighted by molar-refractivity contribution is 7.09. The van der Waals surface area contributed by atoms with Crippen LogP contribution >= 0.6 is 11.3 Å². The van der Waals surface area contributed by atoms with Crippen LogP contribution in [0.4, 0.5) is 4.79 Å². The van der Waals surface area contributed by atoms with Crippen molar-refractivity contribution in [2.75, 3.05) is 6.54 Å². The van der Waals surface area contributed by atoms with Crippen LogP contribution in [0.3, 0.4) is 0 Å². The molecule has 262 valence electrons. The Bertz CT molecular complexity index is 1090. The summed E-state index contributed by atoms with van der Waals surface area (Å²) in [5, 5.41) is 24.9. The van der Waals surface area contributed by atoms with E-state index >= 15 is 0 Å². The highest BCUT2D eigenvalue weighted by Gasteiger charge is 2.33. The molecule has 1 aromatic rings. The minimum Gasteiger partial charge on any atom is -0.444 e. The zero-order valence-corrected chi connectivity index (χ0v) is 30.2. The van der Waals surface area contributed by atoms with Crippen molar-refractivity contribution in [1.82, 2.24) is 21.3 Å². The first-order chi connectivity index (χ1) is 21.5. The summed E-state index contributed by atoms with van der Waals surface area (Å²) in [6, 6.07) is 1.39. The zero-order chi connectivity index (χ0) is 34.5. The number of hydrogen-bond acceptors (Lipinski definition) is 7. The average molecular weight is 665 g/mol. The lowest BCUT2D eigenvalue weighted by atomic mass is 9.82. The number of carbonyl (C=O) groups excluding carboxylic acids is 4. The molecule has 0 aromatic carbocycles. The molecule has 1 fully saturated rings. The van der Waals surface area contributed by atoms with Gasteiger partial charge in [0.2, 0.25) is 17.7 Å². The fraction of sp³-hybridized carbons (Fsp3) is 0.771. The van der Waals surface area contributed by atoms with Gasteiger partial charge in [0, 0.05) is 23.8 Å². The quantitative estimate of drug-likeness (QED) is 0.158. The topological polar surface area (TPSA) is 146 Å². The molecule has 1 aliphatic rings. The molecule has 5 atom stereocenters. The molecule has 10 nitrogen and oxygen atoms in total. The maximum Gasteiger partial charge on any atom is 0.408 e. The monoisotopic (exact) mass is 664 g/mol. The SMILES string of the molecule is CCC[C@H](NC(=O)[C@@H](Cc1cccs1)NC(=O)OC(C)(C)C)C(=O)N[C@@H](CC1CCCCC1)[C@@H](O)C[C@@H](C)C(=O)NCC(C)(C)C. The maximum atomic E-state index is 13.8. The number of aliphatic hydroxyl groups excluding tert-OH is 1. The number of carbonyl (C=O) groups is 4. The van der Waals surface area contributed by atoms with Crippen LogP contribution in [0.5, 0.6) is 0 Å². The van der Waals surface area contributed by atoms with E-state index in [-0.39, 0.29) is 30.1 Å². The lowest BCUT2D eigenvalue weighted by Crippen LogP contribution is -2.57. The molecule has 0 aliphatic heterocycles. The van der Waals surface area contributed by atoms with Crippen LogP contribution in [0.1, 0.15) is 118 Å². The molecule has 2 rings (SSSR count). The van der Waals surface area contributed by atoms with Crippen molar-refractivity contribution >= 4 is 35.2 Å². The Morgan fingerprint density at radius 2 is 1.61 bits per heavy atom. The van der Waals surface area contributed by atoms with E-state index in [1.165, 1.54) is 17.8 Å². The van der Waals surface area contributed by atoms with Crippen molar-refractivity contribution < 1.29 is 29.0 Å². The summed E-state index contributed by atoms with van der Waals surface area (Å²) in [6.07, 6.45) is 5.96. The first-order valence-corrected chi connectivity index (χ1v) is 17.9. The highest BCUT2D eigenvalue weighted by Crippen LogP contribution is 2.29. The minimum atomic E-state index is -0.947. The van der Waals surface area contributed by atoms with Crippen LogP contribution in [0, 0.1) is 17.3 Å². The molecule has 1 heterocycles. The number of nitrogens with one attached hydrogen (secondary N) is 4. The molecule has 1 saturated carbocycles. The zero-order valence-electron chi connectivity index (χ0n) is 29.4. The lowest BCUT2D eigenvalue weighted by molar-refractivity contribution is -0.131. The Labute approximate surface area is 280 Å². The number of ether oxygens (including phenoxy) is 1. The van der Waals surface area contributed by atoms with Crippen molar-refractivity contribution in [1.29, 1.82) is 0 Å². The third kappa shape index (κ3) is 15.3. The van der Waals surface area contributed by atoms with Gasteiger partial charge in [-0.2, -0.15) is 0 Å². The standard InChI is InChI=1S/C35H60N4O6S/c1-9-14-26(37-32(43)28(21-25-17-13-18-46-25)39-33(44)45-35(6,7)8)31(42)38-27(20-24-15-11-10-12-16-24)29(40)19-23(2)30(41)36-22-34(3,4)5/h13,17-18,23-24,26-29,40H,9-12,14-16,19-22H2,1-8H3,(H,36,41)(H,37,43)(H,38,42)(H,39,44)/t23-,26+,27+,28-,29+/m1/s1. The Kier molecular flexibility index (Phi) is 16.0. The van der Waals surface area contributed by atoms with E-state index < -0.39 is 47.7 Å². The van der Waals surface area contributed by atoms with Gasteiger partial charge in [0.15, 0.2) is 0 Å². The first-order valence-electron chi connectivity index (χ1n) is 17.1. The van der Waals surface area contributed by atoms with Crippen LogP contribution in [-0.2, 0) is 25.5 Å². The second-order valence-corrected chi connectivity index (χ2v) is 16.2. The average Bonchev–Trinajstić information content (AvgIpc) is 3.47. The number of aliphatic hydroxyl groups is 1. The van der Waals surface area contributed by atoms with E-state index in [0.29, 0.717) is 31.7 Å². The lowest BCUT2D eigenvalue weighted by Gasteiger charge is -2.32. The Morgan fingerprint density at radius 1 is 0.957 bits per heavy atom. The number of amides is 4. The van der Waals surface area contributed by atoms with E-state index in [1.807, 2.05) is 45.2 Å². The summed E-state index contributed by atoms with van der Waals surface area (Å²) < 4.78 is 5.41. The van der Waals surface area contributed by atoms with Crippen LogP contribution < -0.4 is 21.3 Å². The smallest absolute Gasteiger partial charge is 0.408 e. The van der Waals surface area contributed by atoms with E-state index in [1.54, 1.807) is 27.7 Å². The predicted octanol–water partition coefficient (Wildman–Crippen LogP) is 5.47. The molecule has 46 heavy (non-hydrogen) atoms. The molecule has 1 aliphatic carbocycles. The molecular weight excluding hydrogens is 604 g/mol. The van der Waals surface area contributed by atoms with Crippen LogP contribution in [-0.4, -0.2) is 65.3 Å². The summed E-state index contributed by atoms with van der Waals surface area (Å²) in [5.74, 6) is -1.06. The van der Waals surface area contributed by atoms with Crippen LogP contribution in [0.2, 0.25) is 0 Å². The first kappa shape index (κ1) is 39.5. The normalized spacial score (nSPS) is 17.6. The molecule has 4 amide bonds. The molecular formula is C35H60N4O6S. The van der Waals surface area contributed by atoms with Crippen molar-refractivity contribution in [3.05, 3.63) is 22.4 Å². The number of thiophene rings is 1. The third-order valence-corrected chi connectivity index (χ3v) is 9.04. The van der Waals surface area contributed by atoms with Gasteiger partial charge in [-0.1, -0.05) is 79.2 Å². The van der Waals surface area contributed by atoms with Crippen molar-refractivity contribution in [2.45, 2.75) is 149 Å². The van der Waals surface area contributed by atoms with Gasteiger partial charge < -0.3 is 31.1 Å². The highest BCUT2D eigenvalue weighted by atomic mass is 32.1. The number of alkyl carbamates (subject to hydrolysis) is 1. The second-order valence-electron chi connectivity index (χ2n) is 15.2. The van der Waals surface area contributed by atoms with Gasteiger partial charge in [-0.05, 0) is 62.8 Å². The van der Waals surface area contributed by atoms with Crippen molar-refractivity contribution in [3.63, 3.8) is 0 Å². The van der Waals surface area contributed by atoms with Crippen LogP contribution in [0.15, 0.2) is 17.5 Å². The summed E-state index contributed by atoms with van der Waals surface area (Å²) in [6.45, 7) is 15.7. The fourth-order valence-electron chi connectivity index (χ4n) is 5.66. The predicted molar refractivity (Wildman–Crippen MR) is 183 cm³/mol.